The SMILES string of the molecule is CCNS(=O)(=O)C1CCCNC1. The molecule has 0 radical (unpaired) electrons. The standard InChI is InChI=1S/C7H16N2O2S/c1-2-9-12(10,11)7-4-3-5-8-6-7/h7-9H,2-6H2,1H3. The van der Waals surface area contributed by atoms with E-state index in [4.69, 9.17) is 0 Å². The Labute approximate surface area is 73.8 Å². The molecule has 0 aromatic carbocycles. The molecule has 1 heterocycles. The Hall–Kier alpha value is -0.130. The molecule has 1 saturated heterocycles. The summed E-state index contributed by atoms with van der Waals surface area (Å²) < 4.78 is 25.4. The monoisotopic (exact) mass is 192 g/mol. The molecule has 1 rings (SSSR count). The predicted octanol–water partition coefficient (Wildman–Crippen LogP) is -0.322. The highest BCUT2D eigenvalue weighted by atomic mass is 32.2. The largest absolute Gasteiger partial charge is 0.315 e. The second-order valence-electron chi connectivity index (χ2n) is 3.01. The zero-order chi connectivity index (χ0) is 9.03. The lowest BCUT2D eigenvalue weighted by Gasteiger charge is -2.22. The molecule has 1 aliphatic heterocycles. The Morgan fingerprint density at radius 3 is 2.83 bits per heavy atom. The summed E-state index contributed by atoms with van der Waals surface area (Å²) in [5.41, 5.74) is 0. The summed E-state index contributed by atoms with van der Waals surface area (Å²) in [5.74, 6) is 0. The highest BCUT2D eigenvalue weighted by Crippen LogP contribution is 2.09. The molecular weight excluding hydrogens is 176 g/mol. The number of rotatable bonds is 3. The van der Waals surface area contributed by atoms with Crippen LogP contribution in [0, 0.1) is 0 Å². The van der Waals surface area contributed by atoms with Crippen LogP contribution in [0.2, 0.25) is 0 Å². The van der Waals surface area contributed by atoms with E-state index in [9.17, 15) is 8.42 Å². The van der Waals surface area contributed by atoms with Crippen LogP contribution in [0.4, 0.5) is 0 Å². The van der Waals surface area contributed by atoms with Crippen molar-refractivity contribution in [2.45, 2.75) is 25.0 Å². The van der Waals surface area contributed by atoms with Crippen molar-refractivity contribution in [2.75, 3.05) is 19.6 Å². The van der Waals surface area contributed by atoms with Gasteiger partial charge >= 0.3 is 0 Å². The molecule has 72 valence electrons. The van der Waals surface area contributed by atoms with Gasteiger partial charge in [-0.3, -0.25) is 0 Å². The van der Waals surface area contributed by atoms with Crippen LogP contribution in [0.1, 0.15) is 19.8 Å². The minimum atomic E-state index is -3.05. The first-order chi connectivity index (χ1) is 5.67. The Balaban J connectivity index is 2.54. The van der Waals surface area contributed by atoms with Crippen molar-refractivity contribution in [2.24, 2.45) is 0 Å². The van der Waals surface area contributed by atoms with Crippen LogP contribution >= 0.6 is 0 Å². The fourth-order valence-corrected chi connectivity index (χ4v) is 2.86. The van der Waals surface area contributed by atoms with Gasteiger partial charge in [-0.05, 0) is 19.4 Å². The average molecular weight is 192 g/mol. The first-order valence-corrected chi connectivity index (χ1v) is 5.90. The quantitative estimate of drug-likeness (QED) is 0.644. The van der Waals surface area contributed by atoms with Gasteiger partial charge in [-0.1, -0.05) is 6.92 Å². The molecule has 0 saturated carbocycles. The summed E-state index contributed by atoms with van der Waals surface area (Å²) in [5, 5.41) is 2.85. The van der Waals surface area contributed by atoms with Gasteiger partial charge in [-0.2, -0.15) is 0 Å². The van der Waals surface area contributed by atoms with Crippen LogP contribution in [0.15, 0.2) is 0 Å². The molecule has 1 unspecified atom stereocenters. The summed E-state index contributed by atoms with van der Waals surface area (Å²) in [6, 6.07) is 0. The zero-order valence-corrected chi connectivity index (χ0v) is 8.15. The van der Waals surface area contributed by atoms with E-state index < -0.39 is 10.0 Å². The van der Waals surface area contributed by atoms with Crippen molar-refractivity contribution >= 4 is 10.0 Å². The topological polar surface area (TPSA) is 58.2 Å². The molecule has 0 bridgehead atoms. The van der Waals surface area contributed by atoms with Gasteiger partial charge in [-0.15, -0.1) is 0 Å². The summed E-state index contributed by atoms with van der Waals surface area (Å²) >= 11 is 0. The molecule has 0 aliphatic carbocycles. The predicted molar refractivity (Wildman–Crippen MR) is 48.5 cm³/mol. The molecule has 0 amide bonds. The molecule has 5 heteroatoms. The molecule has 1 atom stereocenters. The lowest BCUT2D eigenvalue weighted by Crippen LogP contribution is -2.44. The molecule has 2 N–H and O–H groups in total. The Morgan fingerprint density at radius 1 is 1.58 bits per heavy atom. The van der Waals surface area contributed by atoms with Gasteiger partial charge in [0.05, 0.1) is 5.25 Å². The number of sulfonamides is 1. The van der Waals surface area contributed by atoms with E-state index >= 15 is 0 Å². The molecule has 12 heavy (non-hydrogen) atoms. The lowest BCUT2D eigenvalue weighted by atomic mass is 10.2. The zero-order valence-electron chi connectivity index (χ0n) is 7.34. The maximum Gasteiger partial charge on any atom is 0.215 e. The number of hydrogen-bond donors (Lipinski definition) is 2. The third kappa shape index (κ3) is 2.43. The maximum absolute atomic E-state index is 11.4. The average Bonchev–Trinajstić information content (AvgIpc) is 2.06. The summed E-state index contributed by atoms with van der Waals surface area (Å²) in [7, 11) is -3.05. The number of piperidine rings is 1. The van der Waals surface area contributed by atoms with E-state index in [0.717, 1.165) is 19.4 Å². The smallest absolute Gasteiger partial charge is 0.215 e. The molecule has 0 aromatic rings. The number of hydrogen-bond acceptors (Lipinski definition) is 3. The third-order valence-corrected chi connectivity index (χ3v) is 4.01. The van der Waals surface area contributed by atoms with Crippen LogP contribution in [0.3, 0.4) is 0 Å². The maximum atomic E-state index is 11.4. The second-order valence-corrected chi connectivity index (χ2v) is 5.06. The Kier molecular flexibility index (Phi) is 3.49. The van der Waals surface area contributed by atoms with Gasteiger partial charge in [-0.25, -0.2) is 13.1 Å². The van der Waals surface area contributed by atoms with Crippen LogP contribution in [-0.2, 0) is 10.0 Å². The van der Waals surface area contributed by atoms with E-state index in [0.29, 0.717) is 13.1 Å². The highest BCUT2D eigenvalue weighted by molar-refractivity contribution is 7.90. The second kappa shape index (κ2) is 4.20. The minimum Gasteiger partial charge on any atom is -0.315 e. The van der Waals surface area contributed by atoms with Crippen LogP contribution in [-0.4, -0.2) is 33.3 Å². The van der Waals surface area contributed by atoms with Crippen LogP contribution in [0.5, 0.6) is 0 Å². The third-order valence-electron chi connectivity index (χ3n) is 2.04. The van der Waals surface area contributed by atoms with Gasteiger partial charge < -0.3 is 5.32 Å². The van der Waals surface area contributed by atoms with Crippen molar-refractivity contribution in [3.63, 3.8) is 0 Å². The van der Waals surface area contributed by atoms with Gasteiger partial charge in [0.25, 0.3) is 0 Å². The van der Waals surface area contributed by atoms with E-state index in [1.165, 1.54) is 0 Å². The molecule has 1 aliphatic rings. The van der Waals surface area contributed by atoms with Crippen molar-refractivity contribution in [3.8, 4) is 0 Å². The highest BCUT2D eigenvalue weighted by Gasteiger charge is 2.25. The van der Waals surface area contributed by atoms with Crippen LogP contribution in [0.25, 0.3) is 0 Å². The van der Waals surface area contributed by atoms with Crippen molar-refractivity contribution in [3.05, 3.63) is 0 Å². The van der Waals surface area contributed by atoms with Gasteiger partial charge in [0.2, 0.25) is 10.0 Å². The summed E-state index contributed by atoms with van der Waals surface area (Å²) in [4.78, 5) is 0. The molecule has 0 aromatic heterocycles. The molecule has 0 spiro atoms. The Bertz CT molecular complexity index is 220. The van der Waals surface area contributed by atoms with Crippen molar-refractivity contribution in [1.29, 1.82) is 0 Å². The van der Waals surface area contributed by atoms with Crippen molar-refractivity contribution < 1.29 is 8.42 Å². The van der Waals surface area contributed by atoms with Gasteiger partial charge in [0, 0.05) is 13.1 Å². The first-order valence-electron chi connectivity index (χ1n) is 4.36. The van der Waals surface area contributed by atoms with E-state index in [1.54, 1.807) is 6.92 Å². The van der Waals surface area contributed by atoms with Crippen LogP contribution < -0.4 is 10.0 Å². The first kappa shape index (κ1) is 9.95. The minimum absolute atomic E-state index is 0.230. The fraction of sp³-hybridized carbons (Fsp3) is 1.00. The normalized spacial score (nSPS) is 25.6. The van der Waals surface area contributed by atoms with Crippen molar-refractivity contribution in [1.82, 2.24) is 10.0 Å². The fourth-order valence-electron chi connectivity index (χ4n) is 1.40. The van der Waals surface area contributed by atoms with Gasteiger partial charge in [0.1, 0.15) is 0 Å². The van der Waals surface area contributed by atoms with E-state index in [2.05, 4.69) is 10.0 Å². The lowest BCUT2D eigenvalue weighted by molar-refractivity contribution is 0.491. The summed E-state index contributed by atoms with van der Waals surface area (Å²) in [6.45, 7) is 3.82. The Morgan fingerprint density at radius 2 is 2.33 bits per heavy atom. The van der Waals surface area contributed by atoms with E-state index in [1.807, 2.05) is 0 Å². The summed E-state index contributed by atoms with van der Waals surface area (Å²) in [6.07, 6.45) is 1.73. The van der Waals surface area contributed by atoms with Gasteiger partial charge in [0.15, 0.2) is 0 Å². The molecule has 1 fully saturated rings. The van der Waals surface area contributed by atoms with E-state index in [-0.39, 0.29) is 5.25 Å². The number of nitrogens with one attached hydrogen (secondary N) is 2. The molecule has 4 nitrogen and oxygen atoms in total. The molecular formula is C7H16N2O2S.